The number of aliphatic hydroxyl groups excluding tert-OH is 2. The molecule has 0 aromatic heterocycles. The molecule has 4 rings (SSSR count). The van der Waals surface area contributed by atoms with Crippen LogP contribution in [0.25, 0.3) is 0 Å². The van der Waals surface area contributed by atoms with E-state index in [1.165, 1.54) is 5.57 Å². The van der Waals surface area contributed by atoms with Crippen molar-refractivity contribution in [1.29, 1.82) is 0 Å². The third-order valence-corrected chi connectivity index (χ3v) is 8.19. The predicted octanol–water partition coefficient (Wildman–Crippen LogP) is 2.83. The van der Waals surface area contributed by atoms with E-state index in [4.69, 9.17) is 0 Å². The maximum atomic E-state index is 12.6. The zero-order valence-corrected chi connectivity index (χ0v) is 15.9. The van der Waals surface area contributed by atoms with E-state index < -0.39 is 12.2 Å². The first-order valence-electron chi connectivity index (χ1n) is 10.1. The number of aliphatic hydroxyl groups is 2. The van der Waals surface area contributed by atoms with Gasteiger partial charge in [-0.25, -0.2) is 0 Å². The quantitative estimate of drug-likeness (QED) is 0.796. The Morgan fingerprint density at radius 1 is 1.15 bits per heavy atom. The van der Waals surface area contributed by atoms with Crippen LogP contribution in [0.2, 0.25) is 0 Å². The van der Waals surface area contributed by atoms with Crippen LogP contribution >= 0.6 is 0 Å². The van der Waals surface area contributed by atoms with Crippen LogP contribution in [0.5, 0.6) is 0 Å². The van der Waals surface area contributed by atoms with Gasteiger partial charge in [0.25, 0.3) is 0 Å². The van der Waals surface area contributed by atoms with Gasteiger partial charge in [0.05, 0.1) is 12.2 Å². The fourth-order valence-corrected chi connectivity index (χ4v) is 6.82. The largest absolute Gasteiger partial charge is 0.391 e. The molecule has 0 aromatic carbocycles. The Balaban J connectivity index is 1.71. The molecule has 0 heterocycles. The van der Waals surface area contributed by atoms with Crippen LogP contribution in [0.4, 0.5) is 0 Å². The van der Waals surface area contributed by atoms with Crippen molar-refractivity contribution < 1.29 is 19.8 Å². The highest BCUT2D eigenvalue weighted by Crippen LogP contribution is 2.63. The van der Waals surface area contributed by atoms with E-state index in [0.29, 0.717) is 18.3 Å². The van der Waals surface area contributed by atoms with E-state index in [1.54, 1.807) is 13.0 Å². The fraction of sp³-hybridized carbons (Fsp3) is 0.727. The lowest BCUT2D eigenvalue weighted by Crippen LogP contribution is -2.50. The molecule has 0 amide bonds. The molecule has 0 aliphatic heterocycles. The summed E-state index contributed by atoms with van der Waals surface area (Å²) in [6.45, 7) is 5.96. The average molecular weight is 358 g/mol. The Bertz CT molecular complexity index is 703. The molecule has 2 N–H and O–H groups in total. The van der Waals surface area contributed by atoms with Crippen molar-refractivity contribution in [1.82, 2.24) is 0 Å². The van der Waals surface area contributed by atoms with Gasteiger partial charge in [-0.05, 0) is 75.4 Å². The highest BCUT2D eigenvalue weighted by Gasteiger charge is 2.58. The van der Waals surface area contributed by atoms with E-state index in [9.17, 15) is 19.8 Å². The summed E-state index contributed by atoms with van der Waals surface area (Å²) in [6, 6.07) is 0. The van der Waals surface area contributed by atoms with E-state index >= 15 is 0 Å². The molecule has 4 nitrogen and oxygen atoms in total. The molecule has 7 unspecified atom stereocenters. The Labute approximate surface area is 155 Å². The first kappa shape index (κ1) is 18.1. The Morgan fingerprint density at radius 3 is 2.58 bits per heavy atom. The van der Waals surface area contributed by atoms with Gasteiger partial charge in [-0.2, -0.15) is 0 Å². The van der Waals surface area contributed by atoms with E-state index in [2.05, 4.69) is 13.8 Å². The molecule has 0 aromatic rings. The number of carbonyl (C=O) groups excluding carboxylic acids is 2. The van der Waals surface area contributed by atoms with E-state index in [1.807, 2.05) is 6.08 Å². The molecule has 0 saturated heterocycles. The summed E-state index contributed by atoms with van der Waals surface area (Å²) in [7, 11) is 0. The number of hydrogen-bond donors (Lipinski definition) is 2. The van der Waals surface area contributed by atoms with Gasteiger partial charge in [0.2, 0.25) is 0 Å². The number of allylic oxidation sites excluding steroid dienone is 4. The van der Waals surface area contributed by atoms with Gasteiger partial charge in [0.15, 0.2) is 5.78 Å². The monoisotopic (exact) mass is 358 g/mol. The lowest BCUT2D eigenvalue weighted by molar-refractivity contribution is -0.123. The normalized spacial score (nSPS) is 44.4. The molecule has 4 aliphatic rings. The van der Waals surface area contributed by atoms with Gasteiger partial charge >= 0.3 is 0 Å². The van der Waals surface area contributed by atoms with Crippen LogP contribution in [0.15, 0.2) is 23.3 Å². The fourth-order valence-electron chi connectivity index (χ4n) is 6.82. The second-order valence-electron chi connectivity index (χ2n) is 9.24. The van der Waals surface area contributed by atoms with Gasteiger partial charge in [0, 0.05) is 17.8 Å². The van der Waals surface area contributed by atoms with Gasteiger partial charge in [-0.3, -0.25) is 9.59 Å². The van der Waals surface area contributed by atoms with Crippen LogP contribution in [0.1, 0.15) is 52.9 Å². The molecule has 26 heavy (non-hydrogen) atoms. The first-order chi connectivity index (χ1) is 12.2. The smallest absolute Gasteiger partial charge is 0.178 e. The molecule has 8 atom stereocenters. The van der Waals surface area contributed by atoms with Crippen molar-refractivity contribution >= 4 is 11.6 Å². The van der Waals surface area contributed by atoms with Crippen molar-refractivity contribution in [3.8, 4) is 0 Å². The summed E-state index contributed by atoms with van der Waals surface area (Å²) >= 11 is 0. The zero-order valence-electron chi connectivity index (χ0n) is 15.9. The highest BCUT2D eigenvalue weighted by atomic mass is 16.3. The number of carbonyl (C=O) groups is 2. The molecule has 4 heteroatoms. The number of ketones is 2. The van der Waals surface area contributed by atoms with E-state index in [0.717, 1.165) is 31.3 Å². The van der Waals surface area contributed by atoms with Crippen LogP contribution in [0.3, 0.4) is 0 Å². The van der Waals surface area contributed by atoms with Crippen molar-refractivity contribution in [3.05, 3.63) is 23.3 Å². The molecule has 0 radical (unpaired) electrons. The molecule has 3 fully saturated rings. The van der Waals surface area contributed by atoms with Crippen molar-refractivity contribution in [3.63, 3.8) is 0 Å². The standard InChI is InChI=1S/C22H30O4/c1-11-8-14(24)9-13-4-5-15-18(22(11,13)3)7-6-16-19(25)10-17(20(15)16)21(26)12(2)23/h8-9,12,15-18,20-21,23,26H,4-7,10H2,1-3H3/t12?,15?,16?,17-,18?,20?,21?,22?/m0/s1. The maximum absolute atomic E-state index is 12.6. The molecular weight excluding hydrogens is 328 g/mol. The summed E-state index contributed by atoms with van der Waals surface area (Å²) in [5.74, 6) is 1.22. The summed E-state index contributed by atoms with van der Waals surface area (Å²) in [4.78, 5) is 24.6. The Morgan fingerprint density at radius 2 is 1.88 bits per heavy atom. The topological polar surface area (TPSA) is 74.6 Å². The van der Waals surface area contributed by atoms with Crippen LogP contribution < -0.4 is 0 Å². The second kappa shape index (κ2) is 6.13. The van der Waals surface area contributed by atoms with Crippen LogP contribution in [0, 0.1) is 35.0 Å². The molecular formula is C22H30O4. The van der Waals surface area contributed by atoms with Gasteiger partial charge < -0.3 is 10.2 Å². The van der Waals surface area contributed by atoms with Crippen molar-refractivity contribution in [2.24, 2.45) is 35.0 Å². The third kappa shape index (κ3) is 2.41. The number of Topliss-reactive ketones (excluding diaryl/α,β-unsaturated/α-hetero) is 1. The van der Waals surface area contributed by atoms with Gasteiger partial charge in [-0.1, -0.05) is 18.1 Å². The van der Waals surface area contributed by atoms with Crippen molar-refractivity contribution in [2.75, 3.05) is 0 Å². The lowest BCUT2D eigenvalue weighted by Gasteiger charge is -2.55. The summed E-state index contributed by atoms with van der Waals surface area (Å²) in [5, 5.41) is 20.5. The first-order valence-corrected chi connectivity index (χ1v) is 10.1. The van der Waals surface area contributed by atoms with Crippen molar-refractivity contribution in [2.45, 2.75) is 65.1 Å². The van der Waals surface area contributed by atoms with Crippen LogP contribution in [-0.4, -0.2) is 34.0 Å². The number of fused-ring (bicyclic) bond motifs is 5. The Hall–Kier alpha value is -1.26. The summed E-state index contributed by atoms with van der Waals surface area (Å²) in [5.41, 5.74) is 2.29. The summed E-state index contributed by atoms with van der Waals surface area (Å²) in [6.07, 6.45) is 6.11. The predicted molar refractivity (Wildman–Crippen MR) is 98.2 cm³/mol. The molecule has 3 saturated carbocycles. The number of rotatable bonds is 2. The number of hydrogen-bond acceptors (Lipinski definition) is 4. The van der Waals surface area contributed by atoms with Gasteiger partial charge in [0.1, 0.15) is 5.78 Å². The molecule has 0 spiro atoms. The minimum Gasteiger partial charge on any atom is -0.391 e. The lowest BCUT2D eigenvalue weighted by atomic mass is 9.48. The van der Waals surface area contributed by atoms with Crippen LogP contribution in [-0.2, 0) is 9.59 Å². The van der Waals surface area contributed by atoms with E-state index in [-0.39, 0.29) is 34.7 Å². The second-order valence-corrected chi connectivity index (χ2v) is 9.24. The molecule has 0 bridgehead atoms. The average Bonchev–Trinajstić information content (AvgIpc) is 2.92. The van der Waals surface area contributed by atoms with Gasteiger partial charge in [-0.15, -0.1) is 0 Å². The SMILES string of the molecule is CC1=CC(=O)C=C2CCC3C4C(CCC3C12C)C(=O)C[C@@H]4C(O)C(C)O. The zero-order chi connectivity index (χ0) is 18.8. The maximum Gasteiger partial charge on any atom is 0.178 e. The molecule has 142 valence electrons. The minimum absolute atomic E-state index is 0.0401. The highest BCUT2D eigenvalue weighted by molar-refractivity contribution is 6.02. The summed E-state index contributed by atoms with van der Waals surface area (Å²) < 4.78 is 0. The molecule has 4 aliphatic carbocycles. The minimum atomic E-state index is -0.831. The third-order valence-electron chi connectivity index (χ3n) is 8.19. The Kier molecular flexibility index (Phi) is 4.27.